The fourth-order valence-corrected chi connectivity index (χ4v) is 5.07. The number of alkyl halides is 3. The molecule has 0 bridgehead atoms. The molecular weight excluding hydrogens is 457 g/mol. The number of rotatable bonds is 8. The maximum atomic E-state index is 13.4. The summed E-state index contributed by atoms with van der Waals surface area (Å²) in [6.45, 7) is 5.30. The molecule has 7 nitrogen and oxygen atoms in total. The number of hydrogen-bond donors (Lipinski definition) is 1. The van der Waals surface area contributed by atoms with Gasteiger partial charge in [-0.15, -0.1) is 0 Å². The van der Waals surface area contributed by atoms with Gasteiger partial charge in [0.15, 0.2) is 0 Å². The number of sulfonamides is 1. The molecule has 0 aliphatic heterocycles. The van der Waals surface area contributed by atoms with Crippen LogP contribution in [0.25, 0.3) is 11.0 Å². The summed E-state index contributed by atoms with van der Waals surface area (Å²) in [5.41, 5.74) is 0.975. The first-order valence-corrected chi connectivity index (χ1v) is 11.8. The van der Waals surface area contributed by atoms with Gasteiger partial charge in [0.25, 0.3) is 0 Å². The lowest BCUT2D eigenvalue weighted by Crippen LogP contribution is -2.32. The Kier molecular flexibility index (Phi) is 7.13. The molecule has 0 aliphatic rings. The molecule has 0 saturated heterocycles. The molecule has 33 heavy (non-hydrogen) atoms. The fraction of sp³-hybridized carbons (Fsp3) is 0.364. The van der Waals surface area contributed by atoms with Crippen LogP contribution in [0.5, 0.6) is 0 Å². The monoisotopic (exact) mass is 482 g/mol. The van der Waals surface area contributed by atoms with Crippen LogP contribution >= 0.6 is 0 Å². The average Bonchev–Trinajstić information content (AvgIpc) is 3.13. The second-order valence-electron chi connectivity index (χ2n) is 7.46. The molecule has 1 heterocycles. The highest BCUT2D eigenvalue weighted by Gasteiger charge is 2.38. The normalized spacial score (nSPS) is 13.4. The summed E-state index contributed by atoms with van der Waals surface area (Å²) in [5.74, 6) is -1.77. The number of fused-ring (bicyclic) bond motifs is 1. The fourth-order valence-electron chi connectivity index (χ4n) is 3.61. The van der Waals surface area contributed by atoms with Gasteiger partial charge < -0.3 is 9.88 Å². The minimum Gasteiger partial charge on any atom is -0.348 e. The van der Waals surface area contributed by atoms with Gasteiger partial charge in [0.1, 0.15) is 6.54 Å². The quantitative estimate of drug-likeness (QED) is 0.527. The second-order valence-corrected chi connectivity index (χ2v) is 9.39. The molecule has 0 saturated carbocycles. The van der Waals surface area contributed by atoms with Gasteiger partial charge in [-0.05, 0) is 36.8 Å². The van der Waals surface area contributed by atoms with Crippen molar-refractivity contribution in [1.82, 2.24) is 19.2 Å². The van der Waals surface area contributed by atoms with E-state index in [1.807, 2.05) is 0 Å². The Balaban J connectivity index is 1.77. The molecule has 178 valence electrons. The van der Waals surface area contributed by atoms with Crippen LogP contribution in [0.15, 0.2) is 53.4 Å². The first-order valence-electron chi connectivity index (χ1n) is 10.4. The smallest absolute Gasteiger partial charge is 0.348 e. The van der Waals surface area contributed by atoms with Crippen molar-refractivity contribution in [2.24, 2.45) is 0 Å². The highest BCUT2D eigenvalue weighted by atomic mass is 32.2. The van der Waals surface area contributed by atoms with Gasteiger partial charge >= 0.3 is 6.18 Å². The van der Waals surface area contributed by atoms with Crippen molar-refractivity contribution in [3.63, 3.8) is 0 Å². The molecule has 0 aliphatic carbocycles. The zero-order valence-corrected chi connectivity index (χ0v) is 19.2. The molecule has 3 aromatic rings. The van der Waals surface area contributed by atoms with Crippen LogP contribution in [-0.2, 0) is 27.5 Å². The number of carbonyl (C=O) groups excluding carboxylic acids is 1. The van der Waals surface area contributed by atoms with Gasteiger partial charge in [-0.1, -0.05) is 38.1 Å². The zero-order valence-electron chi connectivity index (χ0n) is 18.4. The third-order valence-electron chi connectivity index (χ3n) is 5.31. The van der Waals surface area contributed by atoms with Gasteiger partial charge in [0.2, 0.25) is 21.8 Å². The molecule has 0 fully saturated rings. The topological polar surface area (TPSA) is 84.3 Å². The number of halogens is 3. The molecule has 0 unspecified atom stereocenters. The minimum atomic E-state index is -4.71. The number of amides is 1. The highest BCUT2D eigenvalue weighted by Crippen LogP contribution is 2.31. The molecule has 1 atom stereocenters. The number of imidazole rings is 1. The third kappa shape index (κ3) is 5.19. The second kappa shape index (κ2) is 9.52. The summed E-state index contributed by atoms with van der Waals surface area (Å²) in [7, 11) is -3.61. The molecule has 11 heteroatoms. The lowest BCUT2D eigenvalue weighted by atomic mass is 10.1. The van der Waals surface area contributed by atoms with Crippen molar-refractivity contribution < 1.29 is 26.4 Å². The number of nitrogens with one attached hydrogen (secondary N) is 1. The Morgan fingerprint density at radius 2 is 1.70 bits per heavy atom. The number of hydrogen-bond acceptors (Lipinski definition) is 4. The van der Waals surface area contributed by atoms with E-state index in [2.05, 4.69) is 10.3 Å². The Bertz CT molecular complexity index is 1230. The number of para-hydroxylation sites is 2. The Morgan fingerprint density at radius 3 is 2.27 bits per heavy atom. The van der Waals surface area contributed by atoms with Gasteiger partial charge in [-0.3, -0.25) is 4.79 Å². The van der Waals surface area contributed by atoms with E-state index < -0.39 is 40.5 Å². The van der Waals surface area contributed by atoms with Crippen LogP contribution in [0.2, 0.25) is 0 Å². The third-order valence-corrected chi connectivity index (χ3v) is 7.37. The number of aromatic nitrogens is 2. The van der Waals surface area contributed by atoms with Crippen LogP contribution in [0, 0.1) is 0 Å². The van der Waals surface area contributed by atoms with Gasteiger partial charge in [0, 0.05) is 13.1 Å². The summed E-state index contributed by atoms with van der Waals surface area (Å²) in [6, 6.07) is 11.6. The van der Waals surface area contributed by atoms with Crippen molar-refractivity contribution >= 4 is 27.0 Å². The maximum Gasteiger partial charge on any atom is 0.449 e. The first kappa shape index (κ1) is 24.7. The van der Waals surface area contributed by atoms with E-state index in [-0.39, 0.29) is 15.9 Å². The van der Waals surface area contributed by atoms with E-state index >= 15 is 0 Å². The van der Waals surface area contributed by atoms with Crippen molar-refractivity contribution in [3.05, 3.63) is 59.9 Å². The lowest BCUT2D eigenvalue weighted by Gasteiger charge is -2.19. The Hall–Kier alpha value is -2.92. The van der Waals surface area contributed by atoms with E-state index in [4.69, 9.17) is 0 Å². The summed E-state index contributed by atoms with van der Waals surface area (Å²) in [6.07, 6.45) is -4.71. The largest absolute Gasteiger partial charge is 0.449 e. The van der Waals surface area contributed by atoms with E-state index in [1.54, 1.807) is 45.0 Å². The predicted octanol–water partition coefficient (Wildman–Crippen LogP) is 3.96. The SMILES string of the molecule is CCN(CC)S(=O)(=O)c1ccc([C@@H](C)NC(=O)Cn2c(C(F)(F)F)nc3ccccc32)cc1. The molecule has 2 aromatic carbocycles. The van der Waals surface area contributed by atoms with Crippen molar-refractivity contribution in [3.8, 4) is 0 Å². The summed E-state index contributed by atoms with van der Waals surface area (Å²) >= 11 is 0. The first-order chi connectivity index (χ1) is 15.5. The van der Waals surface area contributed by atoms with E-state index in [9.17, 15) is 26.4 Å². The van der Waals surface area contributed by atoms with Crippen LogP contribution in [0.1, 0.15) is 38.2 Å². The van der Waals surface area contributed by atoms with Crippen molar-refractivity contribution in [2.75, 3.05) is 13.1 Å². The molecule has 1 amide bonds. The summed E-state index contributed by atoms with van der Waals surface area (Å²) in [5, 5.41) is 2.67. The molecule has 1 N–H and O–H groups in total. The molecule has 1 aromatic heterocycles. The van der Waals surface area contributed by atoms with Crippen LogP contribution in [-0.4, -0.2) is 41.3 Å². The Labute approximate surface area is 190 Å². The number of nitrogens with zero attached hydrogens (tertiary/aromatic N) is 3. The summed E-state index contributed by atoms with van der Waals surface area (Å²) < 4.78 is 67.7. The highest BCUT2D eigenvalue weighted by molar-refractivity contribution is 7.89. The van der Waals surface area contributed by atoms with Crippen LogP contribution < -0.4 is 5.32 Å². The van der Waals surface area contributed by atoms with Crippen LogP contribution in [0.3, 0.4) is 0 Å². The number of carbonyl (C=O) groups is 1. The van der Waals surface area contributed by atoms with Gasteiger partial charge in [-0.2, -0.15) is 17.5 Å². The van der Waals surface area contributed by atoms with E-state index in [0.29, 0.717) is 18.7 Å². The molecular formula is C22H25F3N4O3S. The van der Waals surface area contributed by atoms with Gasteiger partial charge in [-0.25, -0.2) is 13.4 Å². The lowest BCUT2D eigenvalue weighted by molar-refractivity contribution is -0.147. The standard InChI is InChI=1S/C22H25F3N4O3S/c1-4-28(5-2)33(31,32)17-12-10-16(11-13-17)15(3)26-20(30)14-29-19-9-7-6-8-18(19)27-21(29)22(23,24)25/h6-13,15H,4-5,14H2,1-3H3,(H,26,30)/t15-/m1/s1. The molecule has 0 radical (unpaired) electrons. The number of benzene rings is 2. The minimum absolute atomic E-state index is 0.133. The zero-order chi connectivity index (χ0) is 24.4. The maximum absolute atomic E-state index is 13.4. The van der Waals surface area contributed by atoms with E-state index in [0.717, 1.165) is 4.57 Å². The summed E-state index contributed by atoms with van der Waals surface area (Å²) in [4.78, 5) is 16.3. The van der Waals surface area contributed by atoms with Crippen molar-refractivity contribution in [2.45, 2.75) is 44.4 Å². The average molecular weight is 483 g/mol. The van der Waals surface area contributed by atoms with Gasteiger partial charge in [0.05, 0.1) is 22.0 Å². The molecule has 0 spiro atoms. The van der Waals surface area contributed by atoms with E-state index in [1.165, 1.54) is 28.6 Å². The van der Waals surface area contributed by atoms with Crippen LogP contribution in [0.4, 0.5) is 13.2 Å². The Morgan fingerprint density at radius 1 is 1.09 bits per heavy atom. The van der Waals surface area contributed by atoms with Crippen molar-refractivity contribution in [1.29, 1.82) is 0 Å². The molecule has 3 rings (SSSR count). The predicted molar refractivity (Wildman–Crippen MR) is 118 cm³/mol.